The van der Waals surface area contributed by atoms with Crippen LogP contribution in [-0.4, -0.2) is 11.2 Å². The average Bonchev–Trinajstić information content (AvgIpc) is 2.48. The maximum atomic E-state index is 13.0. The van der Waals surface area contributed by atoms with E-state index in [9.17, 15) is 4.39 Å². The molecule has 20 heavy (non-hydrogen) atoms. The molecule has 0 bridgehead atoms. The largest absolute Gasteiger partial charge is 0.278 e. The molecule has 98 valence electrons. The van der Waals surface area contributed by atoms with Crippen molar-refractivity contribution in [2.24, 2.45) is 5.10 Å². The molecule has 0 unspecified atom stereocenters. The standard InChI is InChI=1S/C16H12FN3/c17-13-4-3-5-14(10-13)20-19-11-12-8-9-18-16-7-2-1-6-15(12)16/h1-11,20H/b19-11-. The van der Waals surface area contributed by atoms with Gasteiger partial charge in [0.2, 0.25) is 0 Å². The van der Waals surface area contributed by atoms with Gasteiger partial charge in [0.25, 0.3) is 0 Å². The molecular formula is C16H12FN3. The Hall–Kier alpha value is -2.75. The summed E-state index contributed by atoms with van der Waals surface area (Å²) in [5.41, 5.74) is 5.30. The fourth-order valence-corrected chi connectivity index (χ4v) is 1.96. The van der Waals surface area contributed by atoms with Gasteiger partial charge < -0.3 is 0 Å². The Bertz CT molecular complexity index is 763. The van der Waals surface area contributed by atoms with Crippen LogP contribution in [0.2, 0.25) is 0 Å². The lowest BCUT2D eigenvalue weighted by atomic mass is 10.1. The zero-order valence-corrected chi connectivity index (χ0v) is 10.6. The van der Waals surface area contributed by atoms with Gasteiger partial charge in [-0.15, -0.1) is 0 Å². The van der Waals surface area contributed by atoms with E-state index in [0.717, 1.165) is 16.5 Å². The predicted molar refractivity (Wildman–Crippen MR) is 79.4 cm³/mol. The molecule has 0 radical (unpaired) electrons. The average molecular weight is 265 g/mol. The zero-order chi connectivity index (χ0) is 13.8. The smallest absolute Gasteiger partial charge is 0.125 e. The van der Waals surface area contributed by atoms with Crippen molar-refractivity contribution in [1.29, 1.82) is 0 Å². The van der Waals surface area contributed by atoms with Crippen molar-refractivity contribution in [3.8, 4) is 0 Å². The first kappa shape index (κ1) is 12.3. The summed E-state index contributed by atoms with van der Waals surface area (Å²) in [6.07, 6.45) is 3.45. The number of halogens is 1. The van der Waals surface area contributed by atoms with Gasteiger partial charge >= 0.3 is 0 Å². The highest BCUT2D eigenvalue weighted by Crippen LogP contribution is 2.14. The lowest BCUT2D eigenvalue weighted by molar-refractivity contribution is 0.628. The van der Waals surface area contributed by atoms with Gasteiger partial charge in [-0.1, -0.05) is 24.3 Å². The summed E-state index contributed by atoms with van der Waals surface area (Å²) in [5.74, 6) is -0.292. The third kappa shape index (κ3) is 2.64. The molecule has 3 nitrogen and oxygen atoms in total. The minimum atomic E-state index is -0.292. The highest BCUT2D eigenvalue weighted by atomic mass is 19.1. The maximum absolute atomic E-state index is 13.0. The summed E-state index contributed by atoms with van der Waals surface area (Å²) in [5, 5.41) is 5.16. The number of anilines is 1. The summed E-state index contributed by atoms with van der Waals surface area (Å²) in [6, 6.07) is 15.9. The van der Waals surface area contributed by atoms with E-state index >= 15 is 0 Å². The first-order chi connectivity index (χ1) is 9.83. The Labute approximate surface area is 115 Å². The molecule has 0 saturated carbocycles. The first-order valence-corrected chi connectivity index (χ1v) is 6.21. The fraction of sp³-hybridized carbons (Fsp3) is 0. The van der Waals surface area contributed by atoms with Crippen molar-refractivity contribution >= 4 is 22.8 Å². The van der Waals surface area contributed by atoms with Gasteiger partial charge in [-0.25, -0.2) is 4.39 Å². The van der Waals surface area contributed by atoms with Crippen LogP contribution >= 0.6 is 0 Å². The molecule has 4 heteroatoms. The molecule has 1 N–H and O–H groups in total. The minimum absolute atomic E-state index is 0.292. The van der Waals surface area contributed by atoms with Gasteiger partial charge in [-0.3, -0.25) is 10.4 Å². The second-order valence-electron chi connectivity index (χ2n) is 4.30. The van der Waals surface area contributed by atoms with Crippen LogP contribution in [0.5, 0.6) is 0 Å². The van der Waals surface area contributed by atoms with Gasteiger partial charge in [0.15, 0.2) is 0 Å². The number of para-hydroxylation sites is 1. The Morgan fingerprint density at radius 3 is 2.85 bits per heavy atom. The van der Waals surface area contributed by atoms with Crippen molar-refractivity contribution < 1.29 is 4.39 Å². The quantitative estimate of drug-likeness (QED) is 0.577. The second-order valence-corrected chi connectivity index (χ2v) is 4.30. The molecule has 3 aromatic rings. The van der Waals surface area contributed by atoms with Crippen LogP contribution in [0, 0.1) is 5.82 Å². The van der Waals surface area contributed by atoms with E-state index in [0.29, 0.717) is 5.69 Å². The first-order valence-electron chi connectivity index (χ1n) is 6.21. The molecular weight excluding hydrogens is 253 g/mol. The number of hydrazone groups is 1. The highest BCUT2D eigenvalue weighted by molar-refractivity contribution is 5.98. The van der Waals surface area contributed by atoms with Gasteiger partial charge in [0.1, 0.15) is 5.82 Å². The van der Waals surface area contributed by atoms with Crippen LogP contribution in [0.3, 0.4) is 0 Å². The third-order valence-electron chi connectivity index (χ3n) is 2.90. The number of nitrogens with one attached hydrogen (secondary N) is 1. The van der Waals surface area contributed by atoms with E-state index in [1.807, 2.05) is 30.3 Å². The summed E-state index contributed by atoms with van der Waals surface area (Å²) < 4.78 is 13.0. The Kier molecular flexibility index (Phi) is 3.37. The number of hydrogen-bond donors (Lipinski definition) is 1. The molecule has 0 aliphatic heterocycles. The zero-order valence-electron chi connectivity index (χ0n) is 10.6. The Morgan fingerprint density at radius 2 is 1.95 bits per heavy atom. The minimum Gasteiger partial charge on any atom is -0.278 e. The molecule has 1 aromatic heterocycles. The SMILES string of the molecule is Fc1cccc(N/N=C\c2ccnc3ccccc23)c1. The number of fused-ring (bicyclic) bond motifs is 1. The Balaban J connectivity index is 1.84. The molecule has 0 amide bonds. The van der Waals surface area contributed by atoms with Crippen LogP contribution < -0.4 is 5.43 Å². The van der Waals surface area contributed by atoms with E-state index in [1.54, 1.807) is 24.5 Å². The second kappa shape index (κ2) is 5.48. The van der Waals surface area contributed by atoms with Crippen LogP contribution in [-0.2, 0) is 0 Å². The summed E-state index contributed by atoms with van der Waals surface area (Å²) in [7, 11) is 0. The number of benzene rings is 2. The van der Waals surface area contributed by atoms with E-state index in [1.165, 1.54) is 12.1 Å². The molecule has 0 saturated heterocycles. The van der Waals surface area contributed by atoms with Gasteiger partial charge in [0.05, 0.1) is 17.4 Å². The van der Waals surface area contributed by atoms with E-state index in [2.05, 4.69) is 15.5 Å². The number of hydrogen-bond acceptors (Lipinski definition) is 3. The van der Waals surface area contributed by atoms with Crippen molar-refractivity contribution in [3.05, 3.63) is 72.2 Å². The van der Waals surface area contributed by atoms with Gasteiger partial charge in [0, 0.05) is 17.1 Å². The Morgan fingerprint density at radius 1 is 1.05 bits per heavy atom. The van der Waals surface area contributed by atoms with E-state index < -0.39 is 0 Å². The van der Waals surface area contributed by atoms with E-state index in [4.69, 9.17) is 0 Å². The summed E-state index contributed by atoms with van der Waals surface area (Å²) in [6.45, 7) is 0. The third-order valence-corrected chi connectivity index (χ3v) is 2.90. The molecule has 0 fully saturated rings. The van der Waals surface area contributed by atoms with Crippen LogP contribution in [0.4, 0.5) is 10.1 Å². The van der Waals surface area contributed by atoms with Crippen LogP contribution in [0.25, 0.3) is 10.9 Å². The number of rotatable bonds is 3. The van der Waals surface area contributed by atoms with Gasteiger partial charge in [-0.2, -0.15) is 5.10 Å². The van der Waals surface area contributed by atoms with Crippen LogP contribution in [0.15, 0.2) is 65.9 Å². The van der Waals surface area contributed by atoms with Crippen LogP contribution in [0.1, 0.15) is 5.56 Å². The lowest BCUT2D eigenvalue weighted by Crippen LogP contribution is -1.92. The highest BCUT2D eigenvalue weighted by Gasteiger charge is 1.98. The molecule has 0 atom stereocenters. The van der Waals surface area contributed by atoms with Crippen molar-refractivity contribution in [2.45, 2.75) is 0 Å². The van der Waals surface area contributed by atoms with Crippen molar-refractivity contribution in [3.63, 3.8) is 0 Å². The number of aromatic nitrogens is 1. The summed E-state index contributed by atoms with van der Waals surface area (Å²) >= 11 is 0. The molecule has 2 aromatic carbocycles. The molecule has 0 aliphatic carbocycles. The topological polar surface area (TPSA) is 37.3 Å². The number of nitrogens with zero attached hydrogens (tertiary/aromatic N) is 2. The lowest BCUT2D eigenvalue weighted by Gasteiger charge is -2.02. The predicted octanol–water partition coefficient (Wildman–Crippen LogP) is 3.82. The summed E-state index contributed by atoms with van der Waals surface area (Å²) in [4.78, 5) is 4.29. The van der Waals surface area contributed by atoms with Gasteiger partial charge in [-0.05, 0) is 30.3 Å². The number of pyridine rings is 1. The van der Waals surface area contributed by atoms with Crippen molar-refractivity contribution in [1.82, 2.24) is 4.98 Å². The molecule has 3 rings (SSSR count). The molecule has 0 spiro atoms. The molecule has 0 aliphatic rings. The molecule has 1 heterocycles. The normalized spacial score (nSPS) is 11.1. The monoisotopic (exact) mass is 265 g/mol. The fourth-order valence-electron chi connectivity index (χ4n) is 1.96. The maximum Gasteiger partial charge on any atom is 0.125 e. The van der Waals surface area contributed by atoms with E-state index in [-0.39, 0.29) is 5.82 Å². The van der Waals surface area contributed by atoms with Crippen molar-refractivity contribution in [2.75, 3.05) is 5.43 Å².